The molecule has 1 saturated heterocycles. The van der Waals surface area contributed by atoms with Crippen molar-refractivity contribution in [1.29, 1.82) is 0 Å². The molecule has 1 aliphatic heterocycles. The first-order valence-electron chi connectivity index (χ1n) is 7.08. The number of carbonyl (C=O) groups is 2. The molecule has 2 aliphatic carbocycles. The normalized spacial score (nSPS) is 38.8. The van der Waals surface area contributed by atoms with Gasteiger partial charge in [0.05, 0.1) is 18.6 Å². The lowest BCUT2D eigenvalue weighted by Gasteiger charge is -2.29. The molecule has 4 nitrogen and oxygen atoms in total. The van der Waals surface area contributed by atoms with E-state index in [1.54, 1.807) is 12.2 Å². The predicted octanol–water partition coefficient (Wildman–Crippen LogP) is 2.04. The highest BCUT2D eigenvalue weighted by Crippen LogP contribution is 2.63. The molecule has 0 N–H and O–H groups in total. The van der Waals surface area contributed by atoms with Gasteiger partial charge in [-0.25, -0.2) is 0 Å². The zero-order chi connectivity index (χ0) is 14.5. The van der Waals surface area contributed by atoms with Crippen molar-refractivity contribution in [3.8, 4) is 0 Å². The summed E-state index contributed by atoms with van der Waals surface area (Å²) in [6.45, 7) is 6.12. The molecule has 2 unspecified atom stereocenters. The molecule has 2 fully saturated rings. The van der Waals surface area contributed by atoms with Gasteiger partial charge in [0.1, 0.15) is 11.0 Å². The summed E-state index contributed by atoms with van der Waals surface area (Å²) in [5.41, 5.74) is -1.12. The van der Waals surface area contributed by atoms with E-state index in [0.717, 1.165) is 6.42 Å². The molecule has 4 heteroatoms. The van der Waals surface area contributed by atoms with Crippen LogP contribution in [0, 0.1) is 17.3 Å². The Morgan fingerprint density at radius 2 is 2.15 bits per heavy atom. The summed E-state index contributed by atoms with van der Waals surface area (Å²) in [4.78, 5) is 24.6. The minimum Gasteiger partial charge on any atom is -0.459 e. The van der Waals surface area contributed by atoms with Gasteiger partial charge in [-0.15, -0.1) is 0 Å². The molecular formula is C16H20O4. The molecule has 108 valence electrons. The number of ketones is 1. The van der Waals surface area contributed by atoms with E-state index in [4.69, 9.17) is 9.47 Å². The van der Waals surface area contributed by atoms with Crippen LogP contribution in [-0.2, 0) is 19.1 Å². The second-order valence-corrected chi connectivity index (χ2v) is 6.87. The molecule has 0 radical (unpaired) electrons. The van der Waals surface area contributed by atoms with Crippen molar-refractivity contribution in [2.45, 2.75) is 38.9 Å². The topological polar surface area (TPSA) is 52.6 Å². The van der Waals surface area contributed by atoms with Crippen molar-refractivity contribution in [3.63, 3.8) is 0 Å². The summed E-state index contributed by atoms with van der Waals surface area (Å²) in [6.07, 6.45) is 7.34. The molecule has 20 heavy (non-hydrogen) atoms. The number of hydrogen-bond acceptors (Lipinski definition) is 4. The largest absolute Gasteiger partial charge is 0.459 e. The highest BCUT2D eigenvalue weighted by Gasteiger charge is 2.72. The summed E-state index contributed by atoms with van der Waals surface area (Å²) in [5, 5.41) is 0. The maximum Gasteiger partial charge on any atom is 0.315 e. The van der Waals surface area contributed by atoms with Gasteiger partial charge in [-0.3, -0.25) is 9.59 Å². The Balaban J connectivity index is 1.83. The zero-order valence-electron chi connectivity index (χ0n) is 12.1. The van der Waals surface area contributed by atoms with Crippen LogP contribution in [0.25, 0.3) is 0 Å². The van der Waals surface area contributed by atoms with Crippen LogP contribution < -0.4 is 0 Å². The third kappa shape index (κ3) is 2.03. The van der Waals surface area contributed by atoms with Crippen LogP contribution in [-0.4, -0.2) is 30.1 Å². The maximum atomic E-state index is 12.5. The van der Waals surface area contributed by atoms with Crippen molar-refractivity contribution >= 4 is 11.8 Å². The van der Waals surface area contributed by atoms with Gasteiger partial charge in [0.2, 0.25) is 0 Å². The quantitative estimate of drug-likeness (QED) is 0.724. The van der Waals surface area contributed by atoms with Crippen molar-refractivity contribution in [2.24, 2.45) is 17.3 Å². The van der Waals surface area contributed by atoms with Gasteiger partial charge in [0.15, 0.2) is 5.78 Å². The summed E-state index contributed by atoms with van der Waals surface area (Å²) >= 11 is 0. The van der Waals surface area contributed by atoms with E-state index in [-0.39, 0.29) is 29.7 Å². The van der Waals surface area contributed by atoms with E-state index >= 15 is 0 Å². The van der Waals surface area contributed by atoms with E-state index in [1.165, 1.54) is 0 Å². The van der Waals surface area contributed by atoms with Crippen molar-refractivity contribution < 1.29 is 19.1 Å². The van der Waals surface area contributed by atoms with Gasteiger partial charge in [-0.1, -0.05) is 18.2 Å². The fourth-order valence-corrected chi connectivity index (χ4v) is 3.23. The molecule has 3 aliphatic rings. The van der Waals surface area contributed by atoms with Gasteiger partial charge in [-0.2, -0.15) is 0 Å². The third-order valence-electron chi connectivity index (χ3n) is 4.26. The number of rotatable bonds is 2. The van der Waals surface area contributed by atoms with Gasteiger partial charge >= 0.3 is 5.97 Å². The SMILES string of the molecule is CC(C)(C)OC(=O)[C@]12C[C@@H]1COC2C1C=CC=CC1=O. The second kappa shape index (κ2) is 4.29. The summed E-state index contributed by atoms with van der Waals surface area (Å²) in [6, 6.07) is 0. The molecule has 1 heterocycles. The Kier molecular flexibility index (Phi) is 2.91. The van der Waals surface area contributed by atoms with Gasteiger partial charge in [0, 0.05) is 5.92 Å². The Morgan fingerprint density at radius 3 is 2.75 bits per heavy atom. The predicted molar refractivity (Wildman–Crippen MR) is 72.9 cm³/mol. The number of fused-ring (bicyclic) bond motifs is 1. The first-order valence-corrected chi connectivity index (χ1v) is 7.08. The summed E-state index contributed by atoms with van der Waals surface area (Å²) < 4.78 is 11.3. The van der Waals surface area contributed by atoms with Gasteiger partial charge in [-0.05, 0) is 33.3 Å². The molecule has 3 rings (SSSR count). The van der Waals surface area contributed by atoms with Crippen LogP contribution in [0.2, 0.25) is 0 Å². The van der Waals surface area contributed by atoms with Crippen LogP contribution in [0.5, 0.6) is 0 Å². The Morgan fingerprint density at radius 1 is 1.40 bits per heavy atom. The first-order chi connectivity index (χ1) is 9.34. The van der Waals surface area contributed by atoms with E-state index in [2.05, 4.69) is 0 Å². The molecule has 1 saturated carbocycles. The summed E-state index contributed by atoms with van der Waals surface area (Å²) in [5.74, 6) is -0.365. The average molecular weight is 276 g/mol. The zero-order valence-corrected chi connectivity index (χ0v) is 12.1. The van der Waals surface area contributed by atoms with Crippen LogP contribution in [0.4, 0.5) is 0 Å². The smallest absolute Gasteiger partial charge is 0.315 e. The van der Waals surface area contributed by atoms with Gasteiger partial charge < -0.3 is 9.47 Å². The number of ether oxygens (including phenoxy) is 2. The van der Waals surface area contributed by atoms with E-state index in [1.807, 2.05) is 32.9 Å². The second-order valence-electron chi connectivity index (χ2n) is 6.87. The lowest BCUT2D eigenvalue weighted by Crippen LogP contribution is -2.41. The highest BCUT2D eigenvalue weighted by molar-refractivity contribution is 5.96. The fraction of sp³-hybridized carbons (Fsp3) is 0.625. The fourth-order valence-electron chi connectivity index (χ4n) is 3.23. The van der Waals surface area contributed by atoms with E-state index < -0.39 is 11.0 Å². The van der Waals surface area contributed by atoms with Crippen LogP contribution >= 0.6 is 0 Å². The maximum absolute atomic E-state index is 12.5. The number of hydrogen-bond donors (Lipinski definition) is 0. The van der Waals surface area contributed by atoms with Crippen LogP contribution in [0.3, 0.4) is 0 Å². The first kappa shape index (κ1) is 13.6. The van der Waals surface area contributed by atoms with E-state index in [9.17, 15) is 9.59 Å². The molecule has 0 aromatic rings. The third-order valence-corrected chi connectivity index (χ3v) is 4.26. The van der Waals surface area contributed by atoms with Crippen molar-refractivity contribution in [2.75, 3.05) is 6.61 Å². The minimum atomic E-state index is -0.608. The molecular weight excluding hydrogens is 256 g/mol. The molecule has 0 spiro atoms. The Labute approximate surface area is 118 Å². The monoisotopic (exact) mass is 276 g/mol. The minimum absolute atomic E-state index is 0.00739. The van der Waals surface area contributed by atoms with Gasteiger partial charge in [0.25, 0.3) is 0 Å². The number of allylic oxidation sites excluding steroid dienone is 3. The molecule has 0 aromatic carbocycles. The van der Waals surface area contributed by atoms with Crippen LogP contribution in [0.1, 0.15) is 27.2 Å². The van der Waals surface area contributed by atoms with Crippen molar-refractivity contribution in [1.82, 2.24) is 0 Å². The number of esters is 1. The Bertz CT molecular complexity index is 511. The van der Waals surface area contributed by atoms with E-state index in [0.29, 0.717) is 6.61 Å². The lowest BCUT2D eigenvalue weighted by atomic mass is 9.83. The molecule has 0 amide bonds. The molecule has 4 atom stereocenters. The standard InChI is InChI=1S/C16H20O4/c1-15(2,3)20-14(18)16-8-10(16)9-19-13(16)11-6-4-5-7-12(11)17/h4-7,10-11,13H,8-9H2,1-3H3/t10-,11?,13?,16-/m1/s1. The average Bonchev–Trinajstić information content (AvgIpc) is 2.97. The van der Waals surface area contributed by atoms with Crippen LogP contribution in [0.15, 0.2) is 24.3 Å². The number of carbonyl (C=O) groups excluding carboxylic acids is 2. The molecule has 0 bridgehead atoms. The molecule has 0 aromatic heterocycles. The highest BCUT2D eigenvalue weighted by atomic mass is 16.6. The summed E-state index contributed by atoms with van der Waals surface area (Å²) in [7, 11) is 0. The Hall–Kier alpha value is -1.42. The lowest BCUT2D eigenvalue weighted by molar-refractivity contribution is -0.166. The van der Waals surface area contributed by atoms with Crippen molar-refractivity contribution in [3.05, 3.63) is 24.3 Å².